The summed E-state index contributed by atoms with van der Waals surface area (Å²) in [4.78, 5) is 27.7. The molecule has 5 rings (SSSR count). The highest BCUT2D eigenvalue weighted by molar-refractivity contribution is 7.22. The maximum absolute atomic E-state index is 14.2. The van der Waals surface area contributed by atoms with Crippen LogP contribution in [-0.4, -0.2) is 55.1 Å². The molecule has 0 aliphatic heterocycles. The largest absolute Gasteiger partial charge is 0.494 e. The van der Waals surface area contributed by atoms with Crippen molar-refractivity contribution in [1.82, 2.24) is 14.9 Å². The van der Waals surface area contributed by atoms with E-state index in [1.807, 2.05) is 93.0 Å². The molecule has 0 aliphatic carbocycles. The van der Waals surface area contributed by atoms with Crippen molar-refractivity contribution in [2.24, 2.45) is 0 Å². The Kier molecular flexibility index (Phi) is 6.44. The van der Waals surface area contributed by atoms with Gasteiger partial charge in [0, 0.05) is 24.0 Å². The molecule has 176 valence electrons. The number of aromatic nitrogens is 2. The number of likely N-dealkylation sites (N-methyl/N-ethyl adjacent to an activating group) is 1. The summed E-state index contributed by atoms with van der Waals surface area (Å²) in [6.07, 6.45) is 0. The molecule has 5 aromatic rings. The van der Waals surface area contributed by atoms with E-state index in [0.717, 1.165) is 32.4 Å². The number of carbonyl (C=O) groups is 1. The zero-order valence-corrected chi connectivity index (χ0v) is 20.7. The number of pyridine rings is 1. The first-order valence-electron chi connectivity index (χ1n) is 11.4. The van der Waals surface area contributed by atoms with Crippen LogP contribution in [0.2, 0.25) is 0 Å². The molecule has 6 nitrogen and oxygen atoms in total. The second-order valence-corrected chi connectivity index (χ2v) is 9.51. The smallest absolute Gasteiger partial charge is 0.260 e. The molecule has 2 heterocycles. The van der Waals surface area contributed by atoms with Crippen LogP contribution in [0.3, 0.4) is 0 Å². The van der Waals surface area contributed by atoms with Crippen LogP contribution in [0.4, 0.5) is 5.13 Å². The van der Waals surface area contributed by atoms with E-state index in [1.165, 1.54) is 11.3 Å². The number of ether oxygens (including phenoxy) is 1. The summed E-state index contributed by atoms with van der Waals surface area (Å²) < 4.78 is 6.49. The number of hydrogen-bond acceptors (Lipinski definition) is 6. The highest BCUT2D eigenvalue weighted by Crippen LogP contribution is 2.35. The third kappa shape index (κ3) is 4.60. The minimum Gasteiger partial charge on any atom is -0.494 e. The van der Waals surface area contributed by atoms with Crippen molar-refractivity contribution in [3.05, 3.63) is 84.4 Å². The number of para-hydroxylation sites is 2. The normalized spacial score (nSPS) is 11.3. The van der Waals surface area contributed by atoms with Crippen LogP contribution < -0.4 is 9.64 Å². The lowest BCUT2D eigenvalue weighted by Crippen LogP contribution is -2.37. The predicted molar refractivity (Wildman–Crippen MR) is 144 cm³/mol. The summed E-state index contributed by atoms with van der Waals surface area (Å²) >= 11 is 1.50. The van der Waals surface area contributed by atoms with Gasteiger partial charge in [0.2, 0.25) is 0 Å². The molecule has 0 radical (unpaired) electrons. The van der Waals surface area contributed by atoms with Crippen molar-refractivity contribution >= 4 is 43.5 Å². The van der Waals surface area contributed by atoms with Gasteiger partial charge < -0.3 is 9.64 Å². The van der Waals surface area contributed by atoms with Crippen LogP contribution in [0.15, 0.2) is 78.9 Å². The van der Waals surface area contributed by atoms with Crippen LogP contribution in [0.5, 0.6) is 5.75 Å². The van der Waals surface area contributed by atoms with E-state index in [2.05, 4.69) is 4.90 Å². The number of carbonyl (C=O) groups excluding carboxylic acids is 1. The fraction of sp³-hybridized carbons (Fsp3) is 0.179. The molecule has 0 spiro atoms. The van der Waals surface area contributed by atoms with Gasteiger partial charge in [-0.05, 0) is 38.4 Å². The monoisotopic (exact) mass is 482 g/mol. The van der Waals surface area contributed by atoms with Crippen molar-refractivity contribution in [3.8, 4) is 17.0 Å². The lowest BCUT2D eigenvalue weighted by molar-refractivity contribution is 0.0986. The first-order chi connectivity index (χ1) is 17.0. The summed E-state index contributed by atoms with van der Waals surface area (Å²) in [5, 5.41) is 1.48. The van der Waals surface area contributed by atoms with E-state index in [-0.39, 0.29) is 5.91 Å². The summed E-state index contributed by atoms with van der Waals surface area (Å²) in [6, 6.07) is 25.5. The fourth-order valence-electron chi connectivity index (χ4n) is 4.03. The summed E-state index contributed by atoms with van der Waals surface area (Å²) in [7, 11) is 5.63. The molecule has 0 saturated heterocycles. The van der Waals surface area contributed by atoms with Gasteiger partial charge in [0.05, 0.1) is 28.6 Å². The van der Waals surface area contributed by atoms with Crippen molar-refractivity contribution in [2.75, 3.05) is 39.2 Å². The van der Waals surface area contributed by atoms with Gasteiger partial charge in [0.15, 0.2) is 5.13 Å². The van der Waals surface area contributed by atoms with Crippen molar-refractivity contribution in [3.63, 3.8) is 0 Å². The van der Waals surface area contributed by atoms with Crippen LogP contribution in [0.1, 0.15) is 10.4 Å². The van der Waals surface area contributed by atoms with E-state index in [1.54, 1.807) is 12.0 Å². The molecule has 0 saturated carbocycles. The number of rotatable bonds is 7. The third-order valence-corrected chi connectivity index (χ3v) is 6.90. The number of thiazole rings is 1. The molecule has 3 aromatic carbocycles. The fourth-order valence-corrected chi connectivity index (χ4v) is 5.04. The molecular formula is C28H26N4O2S. The van der Waals surface area contributed by atoms with Gasteiger partial charge >= 0.3 is 0 Å². The molecule has 0 bridgehead atoms. The molecule has 2 aromatic heterocycles. The third-order valence-electron chi connectivity index (χ3n) is 5.85. The van der Waals surface area contributed by atoms with Gasteiger partial charge in [-0.3, -0.25) is 9.69 Å². The van der Waals surface area contributed by atoms with Crippen LogP contribution in [0.25, 0.3) is 32.4 Å². The van der Waals surface area contributed by atoms with E-state index in [9.17, 15) is 4.79 Å². The minimum absolute atomic E-state index is 0.0966. The van der Waals surface area contributed by atoms with E-state index < -0.39 is 0 Å². The highest BCUT2D eigenvalue weighted by Gasteiger charge is 2.25. The van der Waals surface area contributed by atoms with E-state index in [4.69, 9.17) is 14.7 Å². The van der Waals surface area contributed by atoms with Gasteiger partial charge in [-0.25, -0.2) is 9.97 Å². The van der Waals surface area contributed by atoms with Crippen molar-refractivity contribution < 1.29 is 9.53 Å². The molecule has 0 atom stereocenters. The second-order valence-electron chi connectivity index (χ2n) is 8.50. The molecule has 0 N–H and O–H groups in total. The Morgan fingerprint density at radius 1 is 0.914 bits per heavy atom. The molecule has 0 fully saturated rings. The SMILES string of the molecule is COc1cccc2sc(N(CCN(C)C)C(=O)c3cc(-c4ccccc4)nc4ccccc34)nc12. The van der Waals surface area contributed by atoms with E-state index >= 15 is 0 Å². The van der Waals surface area contributed by atoms with Gasteiger partial charge in [0.1, 0.15) is 11.3 Å². The standard InChI is InChI=1S/C28H26N4O2S/c1-31(2)16-17-32(28-30-26-24(34-3)14-9-15-25(26)35-28)27(33)21-18-23(19-10-5-4-6-11-19)29-22-13-8-7-12-20(21)22/h4-15,18H,16-17H2,1-3H3. The first-order valence-corrected chi connectivity index (χ1v) is 12.2. The first kappa shape index (κ1) is 23.0. The number of fused-ring (bicyclic) bond motifs is 2. The van der Waals surface area contributed by atoms with Crippen LogP contribution in [0, 0.1) is 0 Å². The van der Waals surface area contributed by atoms with Gasteiger partial charge in [0.25, 0.3) is 5.91 Å². The van der Waals surface area contributed by atoms with Gasteiger partial charge in [-0.2, -0.15) is 0 Å². The zero-order valence-electron chi connectivity index (χ0n) is 19.9. The topological polar surface area (TPSA) is 58.6 Å². The number of amides is 1. The maximum Gasteiger partial charge on any atom is 0.260 e. The Morgan fingerprint density at radius 2 is 1.69 bits per heavy atom. The number of benzene rings is 3. The van der Waals surface area contributed by atoms with Crippen LogP contribution >= 0.6 is 11.3 Å². The number of methoxy groups -OCH3 is 1. The minimum atomic E-state index is -0.0966. The molecule has 35 heavy (non-hydrogen) atoms. The summed E-state index contributed by atoms with van der Waals surface area (Å²) in [6.45, 7) is 1.21. The Bertz CT molecular complexity index is 1500. The average molecular weight is 483 g/mol. The quantitative estimate of drug-likeness (QED) is 0.297. The predicted octanol–water partition coefficient (Wildman–Crippen LogP) is 5.73. The Labute approximate surface area is 208 Å². The number of hydrogen-bond donors (Lipinski definition) is 0. The van der Waals surface area contributed by atoms with Gasteiger partial charge in [-0.15, -0.1) is 0 Å². The average Bonchev–Trinajstić information content (AvgIpc) is 3.32. The molecular weight excluding hydrogens is 456 g/mol. The second kappa shape index (κ2) is 9.82. The highest BCUT2D eigenvalue weighted by atomic mass is 32.1. The Morgan fingerprint density at radius 3 is 2.46 bits per heavy atom. The number of anilines is 1. The lowest BCUT2D eigenvalue weighted by atomic mass is 10.0. The summed E-state index contributed by atoms with van der Waals surface area (Å²) in [5.41, 5.74) is 3.90. The molecule has 0 aliphatic rings. The number of nitrogens with zero attached hydrogens (tertiary/aromatic N) is 4. The van der Waals surface area contributed by atoms with Crippen molar-refractivity contribution in [2.45, 2.75) is 0 Å². The molecule has 7 heteroatoms. The van der Waals surface area contributed by atoms with Crippen molar-refractivity contribution in [1.29, 1.82) is 0 Å². The summed E-state index contributed by atoms with van der Waals surface area (Å²) in [5.74, 6) is 0.603. The molecule has 1 amide bonds. The van der Waals surface area contributed by atoms with Gasteiger partial charge in [-0.1, -0.05) is 65.9 Å². The Hall–Kier alpha value is -3.81. The Balaban J connectivity index is 1.65. The molecule has 0 unspecified atom stereocenters. The lowest BCUT2D eigenvalue weighted by Gasteiger charge is -2.23. The van der Waals surface area contributed by atoms with E-state index in [0.29, 0.717) is 29.5 Å². The van der Waals surface area contributed by atoms with Crippen LogP contribution in [-0.2, 0) is 0 Å². The zero-order chi connectivity index (χ0) is 24.4. The maximum atomic E-state index is 14.2.